The SMILES string of the molecule is NNC(=O)[C@@H]1CC[C@@H](OC(N)=O)CO1. The van der Waals surface area contributed by atoms with Crippen molar-refractivity contribution in [2.45, 2.75) is 25.0 Å². The van der Waals surface area contributed by atoms with Crippen LogP contribution >= 0.6 is 0 Å². The van der Waals surface area contributed by atoms with Gasteiger partial charge >= 0.3 is 6.09 Å². The third-order valence-electron chi connectivity index (χ3n) is 1.95. The fourth-order valence-corrected chi connectivity index (χ4v) is 1.28. The Balaban J connectivity index is 2.31. The van der Waals surface area contributed by atoms with Crippen molar-refractivity contribution < 1.29 is 19.1 Å². The summed E-state index contributed by atoms with van der Waals surface area (Å²) in [5, 5.41) is 0. The monoisotopic (exact) mass is 203 g/mol. The van der Waals surface area contributed by atoms with E-state index in [2.05, 4.69) is 0 Å². The molecule has 0 aromatic rings. The third kappa shape index (κ3) is 2.86. The molecule has 0 aromatic heterocycles. The van der Waals surface area contributed by atoms with Gasteiger partial charge in [-0.2, -0.15) is 0 Å². The van der Waals surface area contributed by atoms with E-state index in [0.717, 1.165) is 0 Å². The highest BCUT2D eigenvalue weighted by Gasteiger charge is 2.28. The molecule has 2 amide bonds. The van der Waals surface area contributed by atoms with Crippen LogP contribution in [-0.4, -0.2) is 30.8 Å². The van der Waals surface area contributed by atoms with Crippen molar-refractivity contribution in [3.05, 3.63) is 0 Å². The van der Waals surface area contributed by atoms with Crippen LogP contribution in [0.5, 0.6) is 0 Å². The second-order valence-corrected chi connectivity index (χ2v) is 2.97. The zero-order valence-corrected chi connectivity index (χ0v) is 7.56. The number of ether oxygens (including phenoxy) is 2. The van der Waals surface area contributed by atoms with Gasteiger partial charge in [-0.25, -0.2) is 10.6 Å². The number of primary amides is 1. The van der Waals surface area contributed by atoms with E-state index < -0.39 is 12.2 Å². The van der Waals surface area contributed by atoms with Crippen LogP contribution in [0.3, 0.4) is 0 Å². The highest BCUT2D eigenvalue weighted by molar-refractivity contribution is 5.80. The lowest BCUT2D eigenvalue weighted by molar-refractivity contribution is -0.140. The Kier molecular flexibility index (Phi) is 3.66. The van der Waals surface area contributed by atoms with Crippen molar-refractivity contribution in [2.24, 2.45) is 11.6 Å². The average Bonchev–Trinajstić information content (AvgIpc) is 2.17. The molecule has 14 heavy (non-hydrogen) atoms. The summed E-state index contributed by atoms with van der Waals surface area (Å²) in [5.74, 6) is 4.56. The highest BCUT2D eigenvalue weighted by Crippen LogP contribution is 2.15. The van der Waals surface area contributed by atoms with E-state index >= 15 is 0 Å². The Morgan fingerprint density at radius 3 is 2.57 bits per heavy atom. The molecule has 0 aliphatic carbocycles. The van der Waals surface area contributed by atoms with Gasteiger partial charge in [-0.15, -0.1) is 0 Å². The fourth-order valence-electron chi connectivity index (χ4n) is 1.28. The molecule has 1 aliphatic heterocycles. The summed E-state index contributed by atoms with van der Waals surface area (Å²) in [6.45, 7) is 0.168. The Hall–Kier alpha value is -1.34. The van der Waals surface area contributed by atoms with E-state index in [1.165, 1.54) is 0 Å². The van der Waals surface area contributed by atoms with Crippen molar-refractivity contribution in [3.63, 3.8) is 0 Å². The number of rotatable bonds is 2. The van der Waals surface area contributed by atoms with Crippen molar-refractivity contribution >= 4 is 12.0 Å². The maximum atomic E-state index is 11.0. The summed E-state index contributed by atoms with van der Waals surface area (Å²) in [7, 11) is 0. The summed E-state index contributed by atoms with van der Waals surface area (Å²) in [5.41, 5.74) is 6.82. The first-order valence-corrected chi connectivity index (χ1v) is 4.21. The number of carbonyl (C=O) groups is 2. The smallest absolute Gasteiger partial charge is 0.404 e. The van der Waals surface area contributed by atoms with E-state index in [-0.39, 0.29) is 18.6 Å². The quantitative estimate of drug-likeness (QED) is 0.290. The number of hydrogen-bond donors (Lipinski definition) is 3. The molecule has 0 bridgehead atoms. The number of carbonyl (C=O) groups excluding carboxylic acids is 2. The van der Waals surface area contributed by atoms with Crippen LogP contribution in [0, 0.1) is 0 Å². The van der Waals surface area contributed by atoms with Crippen LogP contribution in [0.15, 0.2) is 0 Å². The third-order valence-corrected chi connectivity index (χ3v) is 1.95. The Bertz CT molecular complexity index is 225. The van der Waals surface area contributed by atoms with Gasteiger partial charge in [-0.3, -0.25) is 10.2 Å². The number of nitrogens with two attached hydrogens (primary N) is 2. The molecule has 1 heterocycles. The second-order valence-electron chi connectivity index (χ2n) is 2.97. The van der Waals surface area contributed by atoms with Gasteiger partial charge in [-0.05, 0) is 12.8 Å². The van der Waals surface area contributed by atoms with E-state index in [0.29, 0.717) is 12.8 Å². The molecular formula is C7H13N3O4. The minimum atomic E-state index is -0.833. The Morgan fingerprint density at radius 2 is 2.14 bits per heavy atom. The molecule has 0 saturated carbocycles. The Morgan fingerprint density at radius 1 is 1.43 bits per heavy atom. The van der Waals surface area contributed by atoms with Crippen molar-refractivity contribution in [1.82, 2.24) is 5.43 Å². The Labute approximate surface area is 80.7 Å². The first-order chi connectivity index (χ1) is 6.63. The van der Waals surface area contributed by atoms with Crippen LogP contribution in [0.25, 0.3) is 0 Å². The molecule has 7 nitrogen and oxygen atoms in total. The lowest BCUT2D eigenvalue weighted by atomic mass is 10.1. The minimum Gasteiger partial charge on any atom is -0.444 e. The highest BCUT2D eigenvalue weighted by atomic mass is 16.6. The van der Waals surface area contributed by atoms with E-state index in [1.807, 2.05) is 5.43 Å². The van der Waals surface area contributed by atoms with Crippen molar-refractivity contribution in [1.29, 1.82) is 0 Å². The number of nitrogens with one attached hydrogen (secondary N) is 1. The summed E-state index contributed by atoms with van der Waals surface area (Å²) in [6, 6.07) is 0. The molecule has 80 valence electrons. The fraction of sp³-hybridized carbons (Fsp3) is 0.714. The predicted octanol–water partition coefficient (Wildman–Crippen LogP) is -1.38. The van der Waals surface area contributed by atoms with Gasteiger partial charge in [0.15, 0.2) is 0 Å². The van der Waals surface area contributed by atoms with Crippen LogP contribution < -0.4 is 17.0 Å². The zero-order valence-electron chi connectivity index (χ0n) is 7.56. The summed E-state index contributed by atoms with van der Waals surface area (Å²) in [6.07, 6.45) is -0.760. The first-order valence-electron chi connectivity index (χ1n) is 4.21. The second kappa shape index (κ2) is 4.77. The van der Waals surface area contributed by atoms with Gasteiger partial charge in [-0.1, -0.05) is 0 Å². The standard InChI is InChI=1S/C7H13N3O4/c8-7(12)14-4-1-2-5(13-3-4)6(11)10-9/h4-5H,1-3,9H2,(H2,8,12)(H,10,11)/t4-,5+/m1/s1. The molecule has 1 rings (SSSR count). The summed E-state index contributed by atoms with van der Waals surface area (Å²) >= 11 is 0. The molecule has 1 aliphatic rings. The maximum Gasteiger partial charge on any atom is 0.404 e. The van der Waals surface area contributed by atoms with Gasteiger partial charge in [0.05, 0.1) is 6.61 Å². The molecule has 0 unspecified atom stereocenters. The van der Waals surface area contributed by atoms with E-state index in [1.54, 1.807) is 0 Å². The lowest BCUT2D eigenvalue weighted by Crippen LogP contribution is -2.45. The van der Waals surface area contributed by atoms with Crippen LogP contribution in [0.4, 0.5) is 4.79 Å². The van der Waals surface area contributed by atoms with Gasteiger partial charge in [0.1, 0.15) is 12.2 Å². The molecule has 1 saturated heterocycles. The van der Waals surface area contributed by atoms with Crippen molar-refractivity contribution in [3.8, 4) is 0 Å². The van der Waals surface area contributed by atoms with Crippen LogP contribution in [0.2, 0.25) is 0 Å². The molecular weight excluding hydrogens is 190 g/mol. The van der Waals surface area contributed by atoms with Gasteiger partial charge < -0.3 is 15.2 Å². The molecule has 0 radical (unpaired) electrons. The van der Waals surface area contributed by atoms with E-state index in [4.69, 9.17) is 21.1 Å². The number of amides is 2. The average molecular weight is 203 g/mol. The van der Waals surface area contributed by atoms with E-state index in [9.17, 15) is 9.59 Å². The lowest BCUT2D eigenvalue weighted by Gasteiger charge is -2.26. The summed E-state index contributed by atoms with van der Waals surface area (Å²) < 4.78 is 9.82. The zero-order chi connectivity index (χ0) is 10.6. The first kappa shape index (κ1) is 10.7. The number of hydrogen-bond acceptors (Lipinski definition) is 5. The van der Waals surface area contributed by atoms with Crippen molar-refractivity contribution in [2.75, 3.05) is 6.61 Å². The van der Waals surface area contributed by atoms with Crippen LogP contribution in [-0.2, 0) is 14.3 Å². The molecule has 7 heteroatoms. The van der Waals surface area contributed by atoms with Gasteiger partial charge in [0.25, 0.3) is 5.91 Å². The summed E-state index contributed by atoms with van der Waals surface area (Å²) in [4.78, 5) is 21.4. The molecule has 5 N–H and O–H groups in total. The topological polar surface area (TPSA) is 117 Å². The molecule has 0 aromatic carbocycles. The minimum absolute atomic E-state index is 0.168. The predicted molar refractivity (Wildman–Crippen MR) is 45.8 cm³/mol. The normalized spacial score (nSPS) is 26.6. The van der Waals surface area contributed by atoms with Gasteiger partial charge in [0, 0.05) is 0 Å². The van der Waals surface area contributed by atoms with Crippen LogP contribution in [0.1, 0.15) is 12.8 Å². The molecule has 2 atom stereocenters. The largest absolute Gasteiger partial charge is 0.444 e. The number of hydrazine groups is 1. The molecule has 0 spiro atoms. The van der Waals surface area contributed by atoms with Gasteiger partial charge in [0.2, 0.25) is 0 Å². The molecule has 1 fully saturated rings. The maximum absolute atomic E-state index is 11.0.